The topological polar surface area (TPSA) is 69.4 Å². The van der Waals surface area contributed by atoms with E-state index in [0.29, 0.717) is 5.75 Å². The number of nitro groups is 1. The molecule has 0 N–H and O–H groups in total. The van der Waals surface area contributed by atoms with Crippen LogP contribution in [0.3, 0.4) is 0 Å². The van der Waals surface area contributed by atoms with Crippen LogP contribution in [0.2, 0.25) is 0 Å². The van der Waals surface area contributed by atoms with Gasteiger partial charge in [0.2, 0.25) is 6.54 Å². The lowest BCUT2D eigenvalue weighted by atomic mass is 9.88. The highest BCUT2D eigenvalue weighted by atomic mass is 16.6. The van der Waals surface area contributed by atoms with Crippen molar-refractivity contribution in [3.05, 3.63) is 39.9 Å². The molecule has 0 spiro atoms. The number of rotatable bonds is 6. The van der Waals surface area contributed by atoms with Crippen molar-refractivity contribution in [2.24, 2.45) is 5.92 Å². The molecule has 0 aliphatic rings. The largest absolute Gasteiger partial charge is 0.497 e. The summed E-state index contributed by atoms with van der Waals surface area (Å²) < 4.78 is 5.07. The van der Waals surface area contributed by atoms with Crippen molar-refractivity contribution >= 4 is 6.29 Å². The zero-order chi connectivity index (χ0) is 12.8. The van der Waals surface area contributed by atoms with Crippen LogP contribution in [0.5, 0.6) is 5.75 Å². The molecule has 0 fully saturated rings. The molecule has 1 rings (SSSR count). The number of benzene rings is 1. The van der Waals surface area contributed by atoms with E-state index in [4.69, 9.17) is 4.74 Å². The standard InChI is InChI=1S/C12H15NO4/c1-9(8-14)12(7-13(15)16)10-4-3-5-11(6-10)17-2/h3-6,8-9,12H,7H2,1-2H3/t9-,12+/m1/s1. The molecule has 1 aromatic rings. The molecule has 5 nitrogen and oxygen atoms in total. The Balaban J connectivity index is 3.02. The average Bonchev–Trinajstić information content (AvgIpc) is 2.35. The summed E-state index contributed by atoms with van der Waals surface area (Å²) >= 11 is 0. The van der Waals surface area contributed by atoms with Gasteiger partial charge in [-0.2, -0.15) is 0 Å². The Morgan fingerprint density at radius 3 is 2.76 bits per heavy atom. The van der Waals surface area contributed by atoms with Crippen molar-refractivity contribution in [2.45, 2.75) is 12.8 Å². The Morgan fingerprint density at radius 1 is 1.53 bits per heavy atom. The van der Waals surface area contributed by atoms with Crippen LogP contribution in [0.4, 0.5) is 0 Å². The fraction of sp³-hybridized carbons (Fsp3) is 0.417. The number of carbonyl (C=O) groups is 1. The third-order valence-electron chi connectivity index (χ3n) is 2.72. The predicted molar refractivity (Wildman–Crippen MR) is 62.8 cm³/mol. The molecule has 0 bridgehead atoms. The molecule has 2 atom stereocenters. The highest BCUT2D eigenvalue weighted by Crippen LogP contribution is 2.26. The quantitative estimate of drug-likeness (QED) is 0.430. The van der Waals surface area contributed by atoms with Crippen LogP contribution in [-0.4, -0.2) is 24.9 Å². The summed E-state index contributed by atoms with van der Waals surface area (Å²) in [5.74, 6) is -0.181. The van der Waals surface area contributed by atoms with E-state index in [-0.39, 0.29) is 6.54 Å². The van der Waals surface area contributed by atoms with Gasteiger partial charge in [0.15, 0.2) is 0 Å². The zero-order valence-corrected chi connectivity index (χ0v) is 9.83. The molecule has 92 valence electrons. The first-order chi connectivity index (χ1) is 8.08. The fourth-order valence-electron chi connectivity index (χ4n) is 1.70. The molecule has 0 aliphatic heterocycles. The molecule has 0 amide bonds. The maximum absolute atomic E-state index is 10.8. The van der Waals surface area contributed by atoms with Crippen molar-refractivity contribution in [1.82, 2.24) is 0 Å². The van der Waals surface area contributed by atoms with Crippen molar-refractivity contribution in [1.29, 1.82) is 0 Å². The molecule has 0 heterocycles. The summed E-state index contributed by atoms with van der Waals surface area (Å²) in [7, 11) is 1.53. The second-order valence-electron chi connectivity index (χ2n) is 3.89. The van der Waals surface area contributed by atoms with Gasteiger partial charge in [-0.05, 0) is 17.7 Å². The molecule has 0 unspecified atom stereocenters. The average molecular weight is 237 g/mol. The Labute approximate surface area is 99.5 Å². The Kier molecular flexibility index (Phi) is 4.63. The molecule has 5 heteroatoms. The number of carbonyl (C=O) groups excluding carboxylic acids is 1. The molecule has 1 aromatic carbocycles. The van der Waals surface area contributed by atoms with Gasteiger partial charge in [-0.15, -0.1) is 0 Å². The van der Waals surface area contributed by atoms with E-state index in [0.717, 1.165) is 11.8 Å². The lowest BCUT2D eigenvalue weighted by molar-refractivity contribution is -0.484. The Bertz CT molecular complexity index is 405. The number of ether oxygens (including phenoxy) is 1. The summed E-state index contributed by atoms with van der Waals surface area (Å²) in [4.78, 5) is 21.0. The van der Waals surface area contributed by atoms with Crippen LogP contribution < -0.4 is 4.74 Å². The summed E-state index contributed by atoms with van der Waals surface area (Å²) in [6.45, 7) is 1.42. The van der Waals surface area contributed by atoms with Gasteiger partial charge in [0.1, 0.15) is 12.0 Å². The summed E-state index contributed by atoms with van der Waals surface area (Å²) in [6.07, 6.45) is 0.744. The molecule has 0 radical (unpaired) electrons. The molecule has 0 saturated carbocycles. The SMILES string of the molecule is COc1cccc([C@@H](C[N+](=O)[O-])[C@H](C)C=O)c1. The highest BCUT2D eigenvalue weighted by Gasteiger charge is 2.24. The number of hydrogen-bond donors (Lipinski definition) is 0. The van der Waals surface area contributed by atoms with E-state index >= 15 is 0 Å². The van der Waals surface area contributed by atoms with Crippen LogP contribution in [0, 0.1) is 16.0 Å². The van der Waals surface area contributed by atoms with Crippen LogP contribution >= 0.6 is 0 Å². The molecule has 0 aromatic heterocycles. The Hall–Kier alpha value is -1.91. The van der Waals surface area contributed by atoms with Gasteiger partial charge in [0, 0.05) is 10.8 Å². The van der Waals surface area contributed by atoms with E-state index in [9.17, 15) is 14.9 Å². The normalized spacial score (nSPS) is 13.8. The second kappa shape index (κ2) is 5.98. The van der Waals surface area contributed by atoms with Crippen molar-refractivity contribution in [3.63, 3.8) is 0 Å². The van der Waals surface area contributed by atoms with E-state index in [1.54, 1.807) is 31.2 Å². The van der Waals surface area contributed by atoms with Crippen LogP contribution in [0.25, 0.3) is 0 Å². The number of nitrogens with zero attached hydrogens (tertiary/aromatic N) is 1. The first-order valence-corrected chi connectivity index (χ1v) is 5.29. The van der Waals surface area contributed by atoms with Gasteiger partial charge < -0.3 is 9.53 Å². The molecular formula is C12H15NO4. The summed E-state index contributed by atoms with van der Waals surface area (Å²) in [5, 5.41) is 10.6. The lowest BCUT2D eigenvalue weighted by Crippen LogP contribution is -2.20. The highest BCUT2D eigenvalue weighted by molar-refractivity contribution is 5.55. The van der Waals surface area contributed by atoms with E-state index in [2.05, 4.69) is 0 Å². The smallest absolute Gasteiger partial charge is 0.211 e. The monoisotopic (exact) mass is 237 g/mol. The van der Waals surface area contributed by atoms with Crippen molar-refractivity contribution in [3.8, 4) is 5.75 Å². The second-order valence-corrected chi connectivity index (χ2v) is 3.89. The maximum atomic E-state index is 10.8. The van der Waals surface area contributed by atoms with Crippen LogP contribution in [0.15, 0.2) is 24.3 Å². The lowest BCUT2D eigenvalue weighted by Gasteiger charge is -2.16. The van der Waals surface area contributed by atoms with Gasteiger partial charge in [0.05, 0.1) is 13.0 Å². The van der Waals surface area contributed by atoms with Crippen LogP contribution in [-0.2, 0) is 4.79 Å². The van der Waals surface area contributed by atoms with Gasteiger partial charge in [0.25, 0.3) is 0 Å². The molecule has 0 saturated heterocycles. The first kappa shape index (κ1) is 13.2. The maximum Gasteiger partial charge on any atom is 0.211 e. The van der Waals surface area contributed by atoms with Gasteiger partial charge in [-0.1, -0.05) is 19.1 Å². The predicted octanol–water partition coefficient (Wildman–Crippen LogP) is 1.89. The number of hydrogen-bond acceptors (Lipinski definition) is 4. The van der Waals surface area contributed by atoms with Gasteiger partial charge in [-0.3, -0.25) is 10.1 Å². The number of aldehydes is 1. The number of methoxy groups -OCH3 is 1. The zero-order valence-electron chi connectivity index (χ0n) is 9.83. The minimum atomic E-state index is -0.419. The summed E-state index contributed by atoms with van der Waals surface area (Å²) in [5.41, 5.74) is 0.751. The third kappa shape index (κ3) is 3.55. The Morgan fingerprint density at radius 2 is 2.24 bits per heavy atom. The van der Waals surface area contributed by atoms with E-state index in [1.807, 2.05) is 0 Å². The van der Waals surface area contributed by atoms with E-state index < -0.39 is 16.8 Å². The molecule has 0 aliphatic carbocycles. The minimum Gasteiger partial charge on any atom is -0.497 e. The van der Waals surface area contributed by atoms with Gasteiger partial charge >= 0.3 is 0 Å². The van der Waals surface area contributed by atoms with E-state index in [1.165, 1.54) is 7.11 Å². The van der Waals surface area contributed by atoms with Crippen LogP contribution in [0.1, 0.15) is 18.4 Å². The molecular weight excluding hydrogens is 222 g/mol. The first-order valence-electron chi connectivity index (χ1n) is 5.29. The van der Waals surface area contributed by atoms with Crippen molar-refractivity contribution in [2.75, 3.05) is 13.7 Å². The minimum absolute atomic E-state index is 0.257. The fourth-order valence-corrected chi connectivity index (χ4v) is 1.70. The third-order valence-corrected chi connectivity index (χ3v) is 2.72. The molecule has 17 heavy (non-hydrogen) atoms. The van der Waals surface area contributed by atoms with Crippen molar-refractivity contribution < 1.29 is 14.5 Å². The summed E-state index contributed by atoms with van der Waals surface area (Å²) in [6, 6.07) is 7.03. The van der Waals surface area contributed by atoms with Gasteiger partial charge in [-0.25, -0.2) is 0 Å².